The van der Waals surface area contributed by atoms with Crippen LogP contribution in [-0.4, -0.2) is 28.8 Å². The minimum atomic E-state index is 0.421. The molecule has 3 heteroatoms. The molecular weight excluding hydrogens is 212 g/mol. The summed E-state index contributed by atoms with van der Waals surface area (Å²) < 4.78 is 0. The van der Waals surface area contributed by atoms with E-state index < -0.39 is 0 Å². The van der Waals surface area contributed by atoms with Gasteiger partial charge in [-0.05, 0) is 48.7 Å². The second-order valence-corrected chi connectivity index (χ2v) is 6.63. The van der Waals surface area contributed by atoms with E-state index in [1.165, 1.54) is 23.0 Å². The van der Waals surface area contributed by atoms with Gasteiger partial charge in [0.2, 0.25) is 0 Å². The van der Waals surface area contributed by atoms with Gasteiger partial charge in [-0.15, -0.1) is 0 Å². The van der Waals surface area contributed by atoms with Gasteiger partial charge in [-0.1, -0.05) is 0 Å². The fourth-order valence-corrected chi connectivity index (χ4v) is 4.51. The van der Waals surface area contributed by atoms with E-state index >= 15 is 0 Å². The van der Waals surface area contributed by atoms with E-state index in [0.29, 0.717) is 17.6 Å². The maximum Gasteiger partial charge on any atom is 0.139 e. The molecule has 2 heterocycles. The van der Waals surface area contributed by atoms with Crippen LogP contribution in [0.1, 0.15) is 25.7 Å². The Morgan fingerprint density at radius 2 is 1.14 bits per heavy atom. The van der Waals surface area contributed by atoms with E-state index in [4.69, 9.17) is 0 Å². The summed E-state index contributed by atoms with van der Waals surface area (Å²) in [7, 11) is 0. The standard InChI is InChI=1S/C11H18OS2/c12-11(9-1-5-13-6-2-9)10-3-7-14-8-4-10/h9-10H,1-8H2. The van der Waals surface area contributed by atoms with Crippen molar-refractivity contribution in [3.8, 4) is 0 Å². The molecule has 0 aliphatic carbocycles. The maximum absolute atomic E-state index is 12.1. The van der Waals surface area contributed by atoms with E-state index in [2.05, 4.69) is 0 Å². The normalized spacial score (nSPS) is 26.3. The summed E-state index contributed by atoms with van der Waals surface area (Å²) in [6, 6.07) is 0. The first-order valence-corrected chi connectivity index (χ1v) is 7.88. The Morgan fingerprint density at radius 3 is 1.50 bits per heavy atom. The molecule has 0 aromatic carbocycles. The van der Waals surface area contributed by atoms with Crippen LogP contribution in [0.2, 0.25) is 0 Å². The SMILES string of the molecule is O=C(C1CCSCC1)C1CCSCC1. The second-order valence-electron chi connectivity index (χ2n) is 4.18. The van der Waals surface area contributed by atoms with Crippen molar-refractivity contribution in [2.45, 2.75) is 25.7 Å². The highest BCUT2D eigenvalue weighted by molar-refractivity contribution is 7.99. The van der Waals surface area contributed by atoms with Crippen LogP contribution in [0, 0.1) is 11.8 Å². The summed E-state index contributed by atoms with van der Waals surface area (Å²) in [6.07, 6.45) is 4.58. The number of carbonyl (C=O) groups is 1. The largest absolute Gasteiger partial charge is 0.299 e. The van der Waals surface area contributed by atoms with Crippen LogP contribution in [0.15, 0.2) is 0 Å². The van der Waals surface area contributed by atoms with Crippen LogP contribution >= 0.6 is 23.5 Å². The second kappa shape index (κ2) is 5.45. The van der Waals surface area contributed by atoms with Crippen molar-refractivity contribution in [2.75, 3.05) is 23.0 Å². The Labute approximate surface area is 94.8 Å². The number of ketones is 1. The van der Waals surface area contributed by atoms with Gasteiger partial charge in [-0.25, -0.2) is 0 Å². The number of hydrogen-bond acceptors (Lipinski definition) is 3. The number of thioether (sulfide) groups is 2. The molecule has 2 fully saturated rings. The number of Topliss-reactive ketones (excluding diaryl/α,β-unsaturated/α-hetero) is 1. The summed E-state index contributed by atoms with van der Waals surface area (Å²) in [5.41, 5.74) is 0. The Bertz CT molecular complexity index is 173. The van der Waals surface area contributed by atoms with E-state index in [0.717, 1.165) is 25.7 Å². The summed E-state index contributed by atoms with van der Waals surface area (Å²) in [5, 5.41) is 0. The van der Waals surface area contributed by atoms with Crippen LogP contribution < -0.4 is 0 Å². The first kappa shape index (κ1) is 10.9. The molecule has 2 rings (SSSR count). The zero-order chi connectivity index (χ0) is 9.80. The fraction of sp³-hybridized carbons (Fsp3) is 0.909. The van der Waals surface area contributed by atoms with Crippen LogP contribution in [0.25, 0.3) is 0 Å². The summed E-state index contributed by atoms with van der Waals surface area (Å²) >= 11 is 4.01. The van der Waals surface area contributed by atoms with Crippen LogP contribution in [0.4, 0.5) is 0 Å². The molecule has 0 aromatic rings. The number of rotatable bonds is 2. The molecule has 0 radical (unpaired) electrons. The zero-order valence-corrected chi connectivity index (χ0v) is 10.2. The molecule has 2 aliphatic heterocycles. The average Bonchev–Trinajstić information content (AvgIpc) is 2.30. The molecule has 0 amide bonds. The molecule has 0 bridgehead atoms. The van der Waals surface area contributed by atoms with Crippen molar-refractivity contribution in [3.63, 3.8) is 0 Å². The first-order chi connectivity index (χ1) is 6.88. The Hall–Kier alpha value is 0.370. The molecule has 0 spiro atoms. The molecule has 1 nitrogen and oxygen atoms in total. The average molecular weight is 230 g/mol. The van der Waals surface area contributed by atoms with Crippen molar-refractivity contribution in [2.24, 2.45) is 11.8 Å². The van der Waals surface area contributed by atoms with Crippen molar-refractivity contribution < 1.29 is 4.79 Å². The van der Waals surface area contributed by atoms with E-state index in [1.54, 1.807) is 0 Å². The predicted octanol–water partition coefficient (Wildman–Crippen LogP) is 2.84. The van der Waals surface area contributed by atoms with Crippen LogP contribution in [0.5, 0.6) is 0 Å². The van der Waals surface area contributed by atoms with Crippen LogP contribution in [0.3, 0.4) is 0 Å². The predicted molar refractivity (Wildman–Crippen MR) is 65.1 cm³/mol. The molecule has 0 atom stereocenters. The number of carbonyl (C=O) groups excluding carboxylic acids is 1. The van der Waals surface area contributed by atoms with Gasteiger partial charge in [0.1, 0.15) is 5.78 Å². The van der Waals surface area contributed by atoms with Gasteiger partial charge in [0.25, 0.3) is 0 Å². The van der Waals surface area contributed by atoms with Gasteiger partial charge in [0, 0.05) is 11.8 Å². The van der Waals surface area contributed by atoms with Gasteiger partial charge < -0.3 is 0 Å². The third-order valence-electron chi connectivity index (χ3n) is 3.25. The van der Waals surface area contributed by atoms with Gasteiger partial charge in [0.05, 0.1) is 0 Å². The Balaban J connectivity index is 1.85. The van der Waals surface area contributed by atoms with Crippen molar-refractivity contribution >= 4 is 29.3 Å². The quantitative estimate of drug-likeness (QED) is 0.726. The lowest BCUT2D eigenvalue weighted by Gasteiger charge is -2.27. The van der Waals surface area contributed by atoms with Gasteiger partial charge in [-0.3, -0.25) is 4.79 Å². The van der Waals surface area contributed by atoms with Crippen molar-refractivity contribution in [3.05, 3.63) is 0 Å². The minimum Gasteiger partial charge on any atom is -0.299 e. The lowest BCUT2D eigenvalue weighted by Crippen LogP contribution is -2.29. The van der Waals surface area contributed by atoms with E-state index in [-0.39, 0.29) is 0 Å². The highest BCUT2D eigenvalue weighted by Crippen LogP contribution is 2.31. The number of hydrogen-bond donors (Lipinski definition) is 0. The Kier molecular flexibility index (Phi) is 4.24. The highest BCUT2D eigenvalue weighted by Gasteiger charge is 2.29. The summed E-state index contributed by atoms with van der Waals surface area (Å²) in [6.45, 7) is 0. The molecule has 0 N–H and O–H groups in total. The molecule has 0 saturated carbocycles. The highest BCUT2D eigenvalue weighted by atomic mass is 32.2. The topological polar surface area (TPSA) is 17.1 Å². The van der Waals surface area contributed by atoms with E-state index in [1.807, 2.05) is 23.5 Å². The molecular formula is C11H18OS2. The molecule has 14 heavy (non-hydrogen) atoms. The van der Waals surface area contributed by atoms with Crippen LogP contribution in [-0.2, 0) is 4.79 Å². The molecule has 80 valence electrons. The van der Waals surface area contributed by atoms with Gasteiger partial charge in [-0.2, -0.15) is 23.5 Å². The third kappa shape index (κ3) is 2.69. The Morgan fingerprint density at radius 1 is 0.786 bits per heavy atom. The lowest BCUT2D eigenvalue weighted by atomic mass is 9.85. The van der Waals surface area contributed by atoms with Gasteiger partial charge >= 0.3 is 0 Å². The maximum atomic E-state index is 12.1. The third-order valence-corrected chi connectivity index (χ3v) is 5.34. The van der Waals surface area contributed by atoms with Gasteiger partial charge in [0.15, 0.2) is 0 Å². The molecule has 0 unspecified atom stereocenters. The van der Waals surface area contributed by atoms with Crippen molar-refractivity contribution in [1.29, 1.82) is 0 Å². The first-order valence-electron chi connectivity index (χ1n) is 5.57. The lowest BCUT2D eigenvalue weighted by molar-refractivity contribution is -0.127. The molecule has 2 aliphatic rings. The minimum absolute atomic E-state index is 0.421. The molecule has 2 saturated heterocycles. The summed E-state index contributed by atoms with van der Waals surface area (Å²) in [4.78, 5) is 12.1. The summed E-state index contributed by atoms with van der Waals surface area (Å²) in [5.74, 6) is 6.27. The van der Waals surface area contributed by atoms with E-state index in [9.17, 15) is 4.79 Å². The molecule has 0 aromatic heterocycles. The smallest absolute Gasteiger partial charge is 0.139 e. The fourth-order valence-electron chi connectivity index (χ4n) is 2.30. The monoisotopic (exact) mass is 230 g/mol. The zero-order valence-electron chi connectivity index (χ0n) is 8.54. The van der Waals surface area contributed by atoms with Crippen molar-refractivity contribution in [1.82, 2.24) is 0 Å².